The summed E-state index contributed by atoms with van der Waals surface area (Å²) in [7, 11) is 0. The van der Waals surface area contributed by atoms with E-state index in [1.165, 1.54) is 39.7 Å². The Morgan fingerprint density at radius 3 is 1.73 bits per heavy atom. The highest BCUT2D eigenvalue weighted by Gasteiger charge is 2.16. The summed E-state index contributed by atoms with van der Waals surface area (Å²) in [5, 5.41) is 4.15. The van der Waals surface area contributed by atoms with Crippen molar-refractivity contribution in [1.82, 2.24) is 4.57 Å². The van der Waals surface area contributed by atoms with Crippen LogP contribution < -0.4 is 0 Å². The zero-order valence-electron chi connectivity index (χ0n) is 16.5. The summed E-state index contributed by atoms with van der Waals surface area (Å²) < 4.78 is 5.19. The van der Waals surface area contributed by atoms with Crippen LogP contribution in [0.5, 0.6) is 0 Å². The molecule has 0 radical (unpaired) electrons. The molecule has 5 heterocycles. The van der Waals surface area contributed by atoms with Gasteiger partial charge in [-0.3, -0.25) is 0 Å². The summed E-state index contributed by atoms with van der Waals surface area (Å²) >= 11 is 7.01. The predicted octanol–water partition coefficient (Wildman–Crippen LogP) is 8.03. The molecule has 0 unspecified atom stereocenters. The minimum absolute atomic E-state index is 1.05. The third kappa shape index (κ3) is 4.00. The van der Waals surface area contributed by atoms with E-state index in [0.29, 0.717) is 0 Å². The van der Waals surface area contributed by atoms with Gasteiger partial charge < -0.3 is 4.57 Å². The fourth-order valence-corrected chi connectivity index (χ4v) is 6.77. The highest BCUT2D eigenvalue weighted by atomic mass is 32.1. The Labute approximate surface area is 192 Å². The van der Waals surface area contributed by atoms with Crippen molar-refractivity contribution in [2.75, 3.05) is 0 Å². The minimum Gasteiger partial charge on any atom is -0.339 e. The lowest BCUT2D eigenvalue weighted by Crippen LogP contribution is -1.96. The molecule has 0 aliphatic rings. The van der Waals surface area contributed by atoms with E-state index in [1.54, 1.807) is 22.7 Å². The van der Waals surface area contributed by atoms with E-state index in [4.69, 9.17) is 0 Å². The molecule has 0 saturated heterocycles. The second kappa shape index (κ2) is 8.84. The number of aryl methyl sites for hydroxylation is 1. The molecule has 5 heteroatoms. The summed E-state index contributed by atoms with van der Waals surface area (Å²) in [5.74, 6) is 13.4. The van der Waals surface area contributed by atoms with E-state index in [2.05, 4.69) is 82.3 Å². The van der Waals surface area contributed by atoms with Crippen LogP contribution in [0.15, 0.2) is 47.2 Å². The summed E-state index contributed by atoms with van der Waals surface area (Å²) in [6.07, 6.45) is 3.69. The quantitative estimate of drug-likeness (QED) is 0.189. The fraction of sp³-hybridized carbons (Fsp3) is 0.200. The van der Waals surface area contributed by atoms with E-state index < -0.39 is 0 Å². The van der Waals surface area contributed by atoms with E-state index in [9.17, 15) is 0 Å². The fourth-order valence-electron chi connectivity index (χ4n) is 3.45. The molecule has 0 amide bonds. The van der Waals surface area contributed by atoms with Crippen molar-refractivity contribution >= 4 is 65.8 Å². The molecular formula is C25H19NS4. The third-order valence-electron chi connectivity index (χ3n) is 4.86. The third-order valence-corrected chi connectivity index (χ3v) is 8.67. The van der Waals surface area contributed by atoms with Crippen LogP contribution in [0.1, 0.15) is 45.7 Å². The first-order valence-corrected chi connectivity index (χ1v) is 13.4. The first-order valence-electron chi connectivity index (χ1n) is 9.98. The molecule has 0 saturated carbocycles. The largest absolute Gasteiger partial charge is 0.339 e. The summed E-state index contributed by atoms with van der Waals surface area (Å²) in [4.78, 5) is 4.51. The van der Waals surface area contributed by atoms with Gasteiger partial charge >= 0.3 is 0 Å². The lowest BCUT2D eigenvalue weighted by molar-refractivity contribution is 0.628. The summed E-state index contributed by atoms with van der Waals surface area (Å²) in [5.41, 5.74) is 2.65. The molecule has 5 aromatic rings. The molecule has 0 N–H and O–H groups in total. The maximum atomic E-state index is 3.38. The van der Waals surface area contributed by atoms with E-state index >= 15 is 0 Å². The van der Waals surface area contributed by atoms with Crippen LogP contribution >= 0.6 is 45.3 Å². The van der Waals surface area contributed by atoms with Crippen LogP contribution in [0, 0.1) is 23.7 Å². The summed E-state index contributed by atoms with van der Waals surface area (Å²) in [6.45, 7) is 3.31. The van der Waals surface area contributed by atoms with E-state index in [-0.39, 0.29) is 0 Å². The predicted molar refractivity (Wildman–Crippen MR) is 135 cm³/mol. The topological polar surface area (TPSA) is 4.93 Å². The van der Waals surface area contributed by atoms with Crippen LogP contribution in [0.3, 0.4) is 0 Å². The monoisotopic (exact) mass is 461 g/mol. The Kier molecular flexibility index (Phi) is 5.79. The van der Waals surface area contributed by atoms with Gasteiger partial charge in [-0.05, 0) is 65.1 Å². The van der Waals surface area contributed by atoms with Gasteiger partial charge in [0.15, 0.2) is 0 Å². The molecule has 5 aromatic heterocycles. The van der Waals surface area contributed by atoms with Crippen molar-refractivity contribution in [2.45, 2.75) is 32.7 Å². The average Bonchev–Trinajstić information content (AvgIpc) is 3.55. The zero-order valence-corrected chi connectivity index (χ0v) is 19.8. The Bertz CT molecular complexity index is 1300. The van der Waals surface area contributed by atoms with E-state index in [0.717, 1.165) is 26.1 Å². The van der Waals surface area contributed by atoms with Crippen molar-refractivity contribution in [3.05, 3.63) is 66.7 Å². The average molecular weight is 462 g/mol. The lowest BCUT2D eigenvalue weighted by atomic mass is 10.2. The first kappa shape index (κ1) is 19.7. The second-order valence-electron chi connectivity index (χ2n) is 6.96. The molecule has 148 valence electrons. The van der Waals surface area contributed by atoms with Crippen molar-refractivity contribution in [3.63, 3.8) is 0 Å². The minimum atomic E-state index is 1.05. The van der Waals surface area contributed by atoms with Crippen molar-refractivity contribution < 1.29 is 0 Å². The summed E-state index contributed by atoms with van der Waals surface area (Å²) in [6, 6.07) is 12.8. The van der Waals surface area contributed by atoms with Crippen LogP contribution in [-0.4, -0.2) is 4.57 Å². The van der Waals surface area contributed by atoms with Crippen LogP contribution in [-0.2, 0) is 6.54 Å². The smallest absolute Gasteiger partial charge is 0.0801 e. The second-order valence-corrected chi connectivity index (χ2v) is 11.0. The zero-order chi connectivity index (χ0) is 20.3. The Morgan fingerprint density at radius 2 is 1.27 bits per heavy atom. The van der Waals surface area contributed by atoms with E-state index in [1.807, 2.05) is 22.7 Å². The van der Waals surface area contributed by atoms with Gasteiger partial charge in [0.05, 0.1) is 39.9 Å². The van der Waals surface area contributed by atoms with Crippen LogP contribution in [0.4, 0.5) is 0 Å². The van der Waals surface area contributed by atoms with Gasteiger partial charge in [0.1, 0.15) is 0 Å². The molecule has 0 aliphatic heterocycles. The molecule has 0 fully saturated rings. The number of thiophene rings is 4. The number of rotatable bonds is 4. The molecule has 0 bridgehead atoms. The van der Waals surface area contributed by atoms with Crippen molar-refractivity contribution in [3.8, 4) is 23.7 Å². The molecular weight excluding hydrogens is 443 g/mol. The van der Waals surface area contributed by atoms with Gasteiger partial charge in [0, 0.05) is 6.54 Å². The van der Waals surface area contributed by atoms with Gasteiger partial charge in [-0.25, -0.2) is 0 Å². The van der Waals surface area contributed by atoms with Gasteiger partial charge in [-0.2, -0.15) is 0 Å². The molecule has 5 rings (SSSR count). The van der Waals surface area contributed by atoms with Gasteiger partial charge in [0.25, 0.3) is 0 Å². The van der Waals surface area contributed by atoms with Gasteiger partial charge in [-0.15, -0.1) is 45.3 Å². The number of fused-ring (bicyclic) bond motifs is 3. The molecule has 0 aliphatic carbocycles. The standard InChI is InChI=1S/C25H19NS4/c1-2-3-4-13-26-22-16-20(11-9-18-7-5-14-27-18)29-24(22)25-23(26)17-21(30-25)12-10-19-8-6-15-28-19/h5-8,14-17H,2-4,13H2,1H3. The lowest BCUT2D eigenvalue weighted by Gasteiger charge is -2.04. The number of nitrogens with zero attached hydrogens (tertiary/aromatic N) is 1. The van der Waals surface area contributed by atoms with Crippen molar-refractivity contribution in [1.29, 1.82) is 0 Å². The molecule has 0 spiro atoms. The number of hydrogen-bond acceptors (Lipinski definition) is 4. The number of aromatic nitrogens is 1. The Morgan fingerprint density at radius 1 is 0.733 bits per heavy atom. The van der Waals surface area contributed by atoms with Crippen LogP contribution in [0.2, 0.25) is 0 Å². The maximum absolute atomic E-state index is 3.38. The number of unbranched alkanes of at least 4 members (excludes halogenated alkanes) is 2. The van der Waals surface area contributed by atoms with Crippen molar-refractivity contribution in [2.24, 2.45) is 0 Å². The first-order chi connectivity index (χ1) is 14.8. The molecule has 0 atom stereocenters. The van der Waals surface area contributed by atoms with Gasteiger partial charge in [-0.1, -0.05) is 31.9 Å². The van der Waals surface area contributed by atoms with Crippen LogP contribution in [0.25, 0.3) is 20.4 Å². The van der Waals surface area contributed by atoms with Gasteiger partial charge in [0.2, 0.25) is 0 Å². The maximum Gasteiger partial charge on any atom is 0.0801 e. The highest BCUT2D eigenvalue weighted by Crippen LogP contribution is 2.40. The Balaban J connectivity index is 1.57. The molecule has 30 heavy (non-hydrogen) atoms. The SMILES string of the molecule is CCCCCn1c2cc(C#Cc3cccs3)sc2c2sc(C#Cc3cccs3)cc21. The number of hydrogen-bond donors (Lipinski definition) is 0. The highest BCUT2D eigenvalue weighted by molar-refractivity contribution is 7.27. The Hall–Kier alpha value is -2.28. The molecule has 0 aromatic carbocycles. The normalized spacial score (nSPS) is 10.8. The molecule has 1 nitrogen and oxygen atoms in total.